The molecule has 1 unspecified atom stereocenters. The number of hydrogen-bond donors (Lipinski definition) is 2. The van der Waals surface area contributed by atoms with Crippen LogP contribution in [0.2, 0.25) is 0 Å². The van der Waals surface area contributed by atoms with Crippen LogP contribution in [0.1, 0.15) is 40.8 Å². The highest BCUT2D eigenvalue weighted by molar-refractivity contribution is 7.19. The predicted octanol–water partition coefficient (Wildman–Crippen LogP) is 1.20. The third-order valence-electron chi connectivity index (χ3n) is 6.40. The first kappa shape index (κ1) is 24.4. The predicted molar refractivity (Wildman–Crippen MR) is 134 cm³/mol. The topological polar surface area (TPSA) is 132 Å². The minimum Gasteiger partial charge on any atom is -0.389 e. The van der Waals surface area contributed by atoms with Crippen molar-refractivity contribution in [2.75, 3.05) is 13.2 Å². The van der Waals surface area contributed by atoms with Gasteiger partial charge in [-0.3, -0.25) is 23.6 Å². The van der Waals surface area contributed by atoms with Gasteiger partial charge in [-0.15, -0.1) is 11.3 Å². The fourth-order valence-corrected chi connectivity index (χ4v) is 5.82. The maximum absolute atomic E-state index is 13.7. The Labute approximate surface area is 209 Å². The molecule has 11 nitrogen and oxygen atoms in total. The number of aliphatic hydroxyl groups excluding tert-OH is 2. The highest BCUT2D eigenvalue weighted by atomic mass is 32.1. The van der Waals surface area contributed by atoms with E-state index in [4.69, 9.17) is 4.84 Å². The number of benzene rings is 1. The molecule has 1 amide bonds. The minimum atomic E-state index is -0.827. The second-order valence-electron chi connectivity index (χ2n) is 8.81. The Morgan fingerprint density at radius 1 is 1.25 bits per heavy atom. The van der Waals surface area contributed by atoms with Crippen LogP contribution in [0.5, 0.6) is 0 Å². The van der Waals surface area contributed by atoms with Crippen molar-refractivity contribution in [1.29, 1.82) is 0 Å². The largest absolute Gasteiger partial charge is 0.389 e. The van der Waals surface area contributed by atoms with E-state index in [0.29, 0.717) is 27.6 Å². The molecule has 0 aliphatic carbocycles. The molecule has 2 N–H and O–H groups in total. The number of fused-ring (bicyclic) bond motifs is 2. The van der Waals surface area contributed by atoms with E-state index in [-0.39, 0.29) is 37.3 Å². The number of nitrogens with zero attached hydrogens (tertiary/aromatic N) is 5. The first-order valence-corrected chi connectivity index (χ1v) is 12.6. The lowest BCUT2D eigenvalue weighted by molar-refractivity contribution is -0.0778. The average molecular weight is 514 g/mol. The fourth-order valence-electron chi connectivity index (χ4n) is 4.53. The molecule has 36 heavy (non-hydrogen) atoms. The zero-order valence-corrected chi connectivity index (χ0v) is 20.8. The Hall–Kier alpha value is -3.32. The van der Waals surface area contributed by atoms with E-state index < -0.39 is 23.3 Å². The van der Waals surface area contributed by atoms with Crippen LogP contribution in [-0.4, -0.2) is 59.1 Å². The maximum Gasteiger partial charge on any atom is 0.331 e. The van der Waals surface area contributed by atoms with Gasteiger partial charge in [-0.25, -0.2) is 14.8 Å². The van der Waals surface area contributed by atoms with Gasteiger partial charge in [0.25, 0.3) is 11.5 Å². The number of aliphatic hydroxyl groups is 2. The smallest absolute Gasteiger partial charge is 0.331 e. The summed E-state index contributed by atoms with van der Waals surface area (Å²) in [6, 6.07) is 7.41. The van der Waals surface area contributed by atoms with Gasteiger partial charge < -0.3 is 14.8 Å². The van der Waals surface area contributed by atoms with Crippen LogP contribution < -0.4 is 11.2 Å². The number of hydroxylamine groups is 2. The Morgan fingerprint density at radius 3 is 2.72 bits per heavy atom. The van der Waals surface area contributed by atoms with Gasteiger partial charge in [0.1, 0.15) is 30.0 Å². The van der Waals surface area contributed by atoms with Crippen LogP contribution in [0.4, 0.5) is 0 Å². The Morgan fingerprint density at radius 2 is 2.03 bits per heavy atom. The standard InChI is InChI=1S/C24H27N5O6S/c1-3-4-9-27-23-20(21(32)26(2)24(27)34)19(22(33)29-10-14(31)13-35-29)17(36-23)11-28-16-8-6-5-7-15(16)25-18(28)12-30/h5-8,14,30-31H,3-4,9-13H2,1-2H3. The highest BCUT2D eigenvalue weighted by Crippen LogP contribution is 2.32. The van der Waals surface area contributed by atoms with E-state index in [1.54, 1.807) is 9.13 Å². The number of unbranched alkanes of at least 4 members (excludes halogenated alkanes) is 1. The van der Waals surface area contributed by atoms with E-state index in [2.05, 4.69) is 4.98 Å². The summed E-state index contributed by atoms with van der Waals surface area (Å²) < 4.78 is 4.37. The summed E-state index contributed by atoms with van der Waals surface area (Å²) in [5, 5.41) is 21.1. The molecular weight excluding hydrogens is 486 g/mol. The van der Waals surface area contributed by atoms with E-state index in [1.807, 2.05) is 31.2 Å². The number of carbonyl (C=O) groups excluding carboxylic acids is 1. The van der Waals surface area contributed by atoms with Crippen LogP contribution in [0, 0.1) is 0 Å². The van der Waals surface area contributed by atoms with E-state index in [9.17, 15) is 24.6 Å². The van der Waals surface area contributed by atoms with E-state index in [1.165, 1.54) is 18.4 Å². The third-order valence-corrected chi connectivity index (χ3v) is 7.59. The van der Waals surface area contributed by atoms with Crippen molar-refractivity contribution in [2.45, 2.75) is 45.6 Å². The molecule has 1 atom stereocenters. The second kappa shape index (κ2) is 9.62. The lowest BCUT2D eigenvalue weighted by Gasteiger charge is -2.15. The van der Waals surface area contributed by atoms with Crippen molar-refractivity contribution in [1.82, 2.24) is 23.7 Å². The van der Waals surface area contributed by atoms with Crippen LogP contribution in [0.15, 0.2) is 33.9 Å². The molecule has 12 heteroatoms. The summed E-state index contributed by atoms with van der Waals surface area (Å²) in [7, 11) is 1.40. The molecule has 0 radical (unpaired) electrons. The first-order chi connectivity index (χ1) is 17.3. The van der Waals surface area contributed by atoms with Crippen molar-refractivity contribution in [3.63, 3.8) is 0 Å². The van der Waals surface area contributed by atoms with Crippen LogP contribution in [0.25, 0.3) is 21.3 Å². The molecule has 0 spiro atoms. The van der Waals surface area contributed by atoms with Gasteiger partial charge in [-0.1, -0.05) is 25.5 Å². The zero-order valence-electron chi connectivity index (χ0n) is 20.0. The monoisotopic (exact) mass is 513 g/mol. The SMILES string of the molecule is CCCCn1c(=O)n(C)c(=O)c2c(C(=O)N3CC(O)CO3)c(Cn3c(CO)nc4ccccc43)sc21. The molecule has 1 saturated heterocycles. The normalized spacial score (nSPS) is 16.0. The quantitative estimate of drug-likeness (QED) is 0.380. The molecule has 1 aliphatic rings. The number of amides is 1. The van der Waals surface area contributed by atoms with Gasteiger partial charge in [0.15, 0.2) is 0 Å². The molecule has 4 heterocycles. The summed E-state index contributed by atoms with van der Waals surface area (Å²) >= 11 is 1.21. The number of aryl methyl sites for hydroxylation is 1. The number of aromatic nitrogens is 4. The average Bonchev–Trinajstić information content (AvgIpc) is 3.58. The van der Waals surface area contributed by atoms with Gasteiger partial charge in [0.05, 0.1) is 35.1 Å². The van der Waals surface area contributed by atoms with Crippen molar-refractivity contribution in [2.24, 2.45) is 7.05 Å². The molecule has 5 rings (SSSR count). The van der Waals surface area contributed by atoms with Crippen LogP contribution >= 0.6 is 11.3 Å². The summed E-state index contributed by atoms with van der Waals surface area (Å²) in [4.78, 5) is 50.9. The summed E-state index contributed by atoms with van der Waals surface area (Å²) in [5.41, 5.74) is 0.589. The molecule has 1 aliphatic heterocycles. The third kappa shape index (κ3) is 3.95. The highest BCUT2D eigenvalue weighted by Gasteiger charge is 2.33. The Kier molecular flexibility index (Phi) is 6.51. The first-order valence-electron chi connectivity index (χ1n) is 11.8. The lowest BCUT2D eigenvalue weighted by Crippen LogP contribution is -2.38. The van der Waals surface area contributed by atoms with Crippen LogP contribution in [0.3, 0.4) is 0 Å². The number of rotatable bonds is 7. The van der Waals surface area contributed by atoms with Crippen molar-refractivity contribution in [3.8, 4) is 0 Å². The van der Waals surface area contributed by atoms with Crippen molar-refractivity contribution in [3.05, 3.63) is 61.4 Å². The second-order valence-corrected chi connectivity index (χ2v) is 9.89. The summed E-state index contributed by atoms with van der Waals surface area (Å²) in [6.07, 6.45) is 0.749. The Balaban J connectivity index is 1.77. The fraction of sp³-hybridized carbons (Fsp3) is 0.417. The van der Waals surface area contributed by atoms with Gasteiger partial charge >= 0.3 is 5.69 Å². The molecule has 1 aromatic carbocycles. The number of hydrogen-bond acceptors (Lipinski definition) is 8. The molecule has 0 bridgehead atoms. The van der Waals surface area contributed by atoms with Crippen LogP contribution in [-0.2, 0) is 31.6 Å². The number of thiophene rings is 1. The van der Waals surface area contributed by atoms with E-state index >= 15 is 0 Å². The summed E-state index contributed by atoms with van der Waals surface area (Å²) in [5.74, 6) is -0.142. The molecule has 1 fully saturated rings. The molecule has 3 aromatic heterocycles. The van der Waals surface area contributed by atoms with Gasteiger partial charge in [-0.2, -0.15) is 0 Å². The lowest BCUT2D eigenvalue weighted by atomic mass is 10.1. The number of imidazole rings is 1. The molecule has 190 valence electrons. The van der Waals surface area contributed by atoms with Gasteiger partial charge in [0.2, 0.25) is 0 Å². The Bertz CT molecular complexity index is 1580. The maximum atomic E-state index is 13.7. The van der Waals surface area contributed by atoms with E-state index in [0.717, 1.165) is 28.0 Å². The van der Waals surface area contributed by atoms with Gasteiger partial charge in [-0.05, 0) is 18.6 Å². The number of para-hydroxylation sites is 2. The summed E-state index contributed by atoms with van der Waals surface area (Å²) in [6.45, 7) is 2.20. The van der Waals surface area contributed by atoms with Crippen molar-refractivity contribution < 1.29 is 19.8 Å². The number of carbonyl (C=O) groups is 1. The van der Waals surface area contributed by atoms with Gasteiger partial charge in [0, 0.05) is 18.5 Å². The van der Waals surface area contributed by atoms with Crippen molar-refractivity contribution >= 4 is 38.5 Å². The number of β-amino-alcohol motifs (C(OH)–C–C–N with tert-alkyl or cyclic N) is 1. The molecular formula is C24H27N5O6S. The molecule has 0 saturated carbocycles. The minimum absolute atomic E-state index is 0.0246. The zero-order chi connectivity index (χ0) is 25.6. The molecule has 4 aromatic rings.